The monoisotopic (exact) mass is 527 g/mol. The van der Waals surface area contributed by atoms with Crippen LogP contribution in [0.1, 0.15) is 63.9 Å². The molecule has 1 aliphatic carbocycles. The summed E-state index contributed by atoms with van der Waals surface area (Å²) in [6, 6.07) is 15.3. The summed E-state index contributed by atoms with van der Waals surface area (Å²) < 4.78 is 31.1. The maximum Gasteiger partial charge on any atom is 0.229 e. The molecule has 1 saturated heterocycles. The first-order valence-electron chi connectivity index (χ1n) is 13.7. The second kappa shape index (κ2) is 12.8. The van der Waals surface area contributed by atoms with Gasteiger partial charge in [0.1, 0.15) is 11.5 Å². The number of ether oxygens (including phenoxy) is 1. The number of sulfonamides is 1. The molecule has 2 aromatic rings. The second-order valence-corrected chi connectivity index (χ2v) is 12.3. The summed E-state index contributed by atoms with van der Waals surface area (Å²) in [5.41, 5.74) is 1.74. The van der Waals surface area contributed by atoms with Gasteiger partial charge in [-0.05, 0) is 73.6 Å². The van der Waals surface area contributed by atoms with Crippen molar-refractivity contribution in [2.75, 3.05) is 30.6 Å². The summed E-state index contributed by atoms with van der Waals surface area (Å²) >= 11 is 0. The first-order valence-corrected chi connectivity index (χ1v) is 15.5. The number of nitrogens with one attached hydrogen (secondary N) is 1. The summed E-state index contributed by atoms with van der Waals surface area (Å²) in [6.45, 7) is 5.85. The number of carbonyl (C=O) groups excluding carboxylic acids is 1. The fraction of sp³-hybridized carbons (Fsp3) is 0.552. The molecule has 4 rings (SSSR count). The van der Waals surface area contributed by atoms with Crippen molar-refractivity contribution >= 4 is 21.6 Å². The maximum atomic E-state index is 12.8. The van der Waals surface area contributed by atoms with Gasteiger partial charge in [0.25, 0.3) is 0 Å². The molecule has 2 aromatic carbocycles. The fourth-order valence-electron chi connectivity index (χ4n) is 5.56. The zero-order valence-corrected chi connectivity index (χ0v) is 23.0. The molecule has 2 aliphatic rings. The molecular formula is C29H41N3O4S. The Morgan fingerprint density at radius 2 is 1.54 bits per heavy atom. The number of hydrogen-bond acceptors (Lipinski definition) is 5. The van der Waals surface area contributed by atoms with Crippen molar-refractivity contribution < 1.29 is 17.9 Å². The number of hydrogen-bond donors (Lipinski definition) is 1. The van der Waals surface area contributed by atoms with Crippen LogP contribution in [0.3, 0.4) is 0 Å². The van der Waals surface area contributed by atoms with E-state index in [4.69, 9.17) is 4.74 Å². The Hall–Kier alpha value is -2.58. The van der Waals surface area contributed by atoms with Crippen LogP contribution in [0.15, 0.2) is 48.5 Å². The molecule has 1 heterocycles. The predicted molar refractivity (Wildman–Crippen MR) is 148 cm³/mol. The van der Waals surface area contributed by atoms with E-state index in [1.807, 2.05) is 19.1 Å². The van der Waals surface area contributed by atoms with Crippen molar-refractivity contribution in [3.05, 3.63) is 54.1 Å². The third-order valence-electron chi connectivity index (χ3n) is 7.52. The average molecular weight is 528 g/mol. The average Bonchev–Trinajstić information content (AvgIpc) is 2.89. The summed E-state index contributed by atoms with van der Waals surface area (Å²) in [5.74, 6) is 2.39. The molecule has 202 valence electrons. The minimum Gasteiger partial charge on any atom is -0.457 e. The first-order chi connectivity index (χ1) is 17.8. The number of rotatable bonds is 10. The van der Waals surface area contributed by atoms with Crippen LogP contribution < -0.4 is 9.46 Å². The number of likely N-dealkylation sites (tertiary alicyclic amines) is 1. The number of anilines is 1. The van der Waals surface area contributed by atoms with Crippen LogP contribution in [0.4, 0.5) is 5.69 Å². The van der Waals surface area contributed by atoms with Crippen LogP contribution in [0.25, 0.3) is 0 Å². The van der Waals surface area contributed by atoms with Crippen molar-refractivity contribution in [3.63, 3.8) is 0 Å². The van der Waals surface area contributed by atoms with Gasteiger partial charge in [-0.25, -0.2) is 8.42 Å². The third kappa shape index (κ3) is 8.47. The minimum atomic E-state index is -3.30. The van der Waals surface area contributed by atoms with E-state index in [0.717, 1.165) is 51.0 Å². The molecule has 0 spiro atoms. The van der Waals surface area contributed by atoms with Gasteiger partial charge in [0.05, 0.1) is 6.26 Å². The normalized spacial score (nSPS) is 17.9. The van der Waals surface area contributed by atoms with Gasteiger partial charge in [-0.3, -0.25) is 14.4 Å². The Bertz CT molecular complexity index is 1100. The van der Waals surface area contributed by atoms with Gasteiger partial charge in [-0.1, -0.05) is 38.3 Å². The Kier molecular flexibility index (Phi) is 9.49. The summed E-state index contributed by atoms with van der Waals surface area (Å²) in [4.78, 5) is 17.5. The van der Waals surface area contributed by atoms with E-state index in [0.29, 0.717) is 35.7 Å². The lowest BCUT2D eigenvalue weighted by molar-refractivity contribution is -0.135. The number of nitrogens with zero attached hydrogens (tertiary/aromatic N) is 2. The molecule has 0 unspecified atom stereocenters. The van der Waals surface area contributed by atoms with Crippen molar-refractivity contribution in [2.45, 2.75) is 70.9 Å². The Morgan fingerprint density at radius 3 is 2.11 bits per heavy atom. The molecule has 8 heteroatoms. The highest BCUT2D eigenvalue weighted by Gasteiger charge is 2.29. The number of benzene rings is 2. The Balaban J connectivity index is 1.26. The van der Waals surface area contributed by atoms with E-state index >= 15 is 0 Å². The Morgan fingerprint density at radius 1 is 0.946 bits per heavy atom. The molecule has 1 aliphatic heterocycles. The summed E-state index contributed by atoms with van der Waals surface area (Å²) in [6.07, 6.45) is 10.3. The molecule has 0 atom stereocenters. The van der Waals surface area contributed by atoms with Gasteiger partial charge >= 0.3 is 0 Å². The lowest BCUT2D eigenvalue weighted by Gasteiger charge is -2.40. The molecule has 1 N–H and O–H groups in total. The molecule has 37 heavy (non-hydrogen) atoms. The molecule has 2 fully saturated rings. The van der Waals surface area contributed by atoms with Gasteiger partial charge in [0.15, 0.2) is 0 Å². The second-order valence-electron chi connectivity index (χ2n) is 10.6. The van der Waals surface area contributed by atoms with E-state index in [1.165, 1.54) is 37.7 Å². The third-order valence-corrected chi connectivity index (χ3v) is 8.13. The van der Waals surface area contributed by atoms with E-state index in [-0.39, 0.29) is 0 Å². The van der Waals surface area contributed by atoms with Crippen LogP contribution >= 0.6 is 0 Å². The molecule has 7 nitrogen and oxygen atoms in total. The highest BCUT2D eigenvalue weighted by Crippen LogP contribution is 2.28. The SMILES string of the molecule is CCC(=O)N(CC1CCCCC1)C1CCN(Cc2ccc(Oc3ccc(NS(C)(=O)=O)cc3)cc2)CC1. The summed E-state index contributed by atoms with van der Waals surface area (Å²) in [7, 11) is -3.30. The quantitative estimate of drug-likeness (QED) is 0.433. The minimum absolute atomic E-state index is 0.320. The van der Waals surface area contributed by atoms with E-state index < -0.39 is 10.0 Å². The molecule has 0 bridgehead atoms. The van der Waals surface area contributed by atoms with Gasteiger partial charge in [-0.2, -0.15) is 0 Å². The van der Waals surface area contributed by atoms with Crippen LogP contribution in [0, 0.1) is 5.92 Å². The van der Waals surface area contributed by atoms with Crippen LogP contribution in [-0.2, 0) is 21.4 Å². The zero-order chi connectivity index (χ0) is 26.3. The zero-order valence-electron chi connectivity index (χ0n) is 22.2. The predicted octanol–water partition coefficient (Wildman–Crippen LogP) is 5.63. The Labute approximate surface area is 222 Å². The first kappa shape index (κ1) is 27.5. The van der Waals surface area contributed by atoms with Crippen LogP contribution in [0.2, 0.25) is 0 Å². The lowest BCUT2D eigenvalue weighted by atomic mass is 9.88. The smallest absolute Gasteiger partial charge is 0.229 e. The topological polar surface area (TPSA) is 79.0 Å². The van der Waals surface area contributed by atoms with Gasteiger partial charge in [0, 0.05) is 44.3 Å². The number of amides is 1. The van der Waals surface area contributed by atoms with Crippen molar-refractivity contribution in [3.8, 4) is 11.5 Å². The van der Waals surface area contributed by atoms with Crippen molar-refractivity contribution in [1.82, 2.24) is 9.80 Å². The van der Waals surface area contributed by atoms with Crippen molar-refractivity contribution in [2.24, 2.45) is 5.92 Å². The van der Waals surface area contributed by atoms with Gasteiger partial charge in [0.2, 0.25) is 15.9 Å². The maximum absolute atomic E-state index is 12.8. The molecule has 1 amide bonds. The number of carbonyl (C=O) groups is 1. The highest BCUT2D eigenvalue weighted by molar-refractivity contribution is 7.92. The molecular weight excluding hydrogens is 486 g/mol. The molecule has 1 saturated carbocycles. The van der Waals surface area contributed by atoms with Gasteiger partial charge in [-0.15, -0.1) is 0 Å². The van der Waals surface area contributed by atoms with Crippen molar-refractivity contribution in [1.29, 1.82) is 0 Å². The standard InChI is InChI=1S/C29H41N3O4S/c1-3-29(33)32(22-23-7-5-4-6-8-23)26-17-19-31(20-18-26)21-24-9-13-27(14-10-24)36-28-15-11-25(12-16-28)30-37(2,34)35/h9-16,23,26,30H,3-8,17-22H2,1-2H3. The summed E-state index contributed by atoms with van der Waals surface area (Å²) in [5, 5.41) is 0. The van der Waals surface area contributed by atoms with E-state index in [9.17, 15) is 13.2 Å². The molecule has 0 aromatic heterocycles. The highest BCUT2D eigenvalue weighted by atomic mass is 32.2. The van der Waals surface area contributed by atoms with E-state index in [2.05, 4.69) is 26.7 Å². The lowest BCUT2D eigenvalue weighted by Crippen LogP contribution is -2.48. The van der Waals surface area contributed by atoms with Gasteiger partial charge < -0.3 is 9.64 Å². The van der Waals surface area contributed by atoms with Crippen LogP contribution in [-0.4, -0.2) is 56.1 Å². The largest absolute Gasteiger partial charge is 0.457 e. The van der Waals surface area contributed by atoms with E-state index in [1.54, 1.807) is 24.3 Å². The molecule has 0 radical (unpaired) electrons. The fourth-order valence-corrected chi connectivity index (χ4v) is 6.12. The number of piperidine rings is 1. The van der Waals surface area contributed by atoms with Crippen LogP contribution in [0.5, 0.6) is 11.5 Å².